The predicted molar refractivity (Wildman–Crippen MR) is 71.4 cm³/mol. The zero-order valence-corrected chi connectivity index (χ0v) is 11.0. The van der Waals surface area contributed by atoms with E-state index in [1.54, 1.807) is 0 Å². The second-order valence-electron chi connectivity index (χ2n) is 3.74. The van der Waals surface area contributed by atoms with Crippen LogP contribution in [0.3, 0.4) is 0 Å². The Bertz CT molecular complexity index is 469. The van der Waals surface area contributed by atoms with Crippen molar-refractivity contribution in [2.75, 3.05) is 0 Å². The molecule has 104 valence electrons. The van der Waals surface area contributed by atoms with E-state index < -0.39 is 18.6 Å². The summed E-state index contributed by atoms with van der Waals surface area (Å²) < 4.78 is 28.4. The van der Waals surface area contributed by atoms with E-state index in [4.69, 9.17) is 18.0 Å². The topological polar surface area (TPSA) is 64.3 Å². The molecule has 1 unspecified atom stereocenters. The number of hydrogen-bond donors (Lipinski definition) is 2. The highest BCUT2D eigenvalue weighted by Crippen LogP contribution is 2.16. The average molecular weight is 288 g/mol. The Balaban J connectivity index is 2.79. The van der Waals surface area contributed by atoms with E-state index >= 15 is 0 Å². The van der Waals surface area contributed by atoms with E-state index in [0.29, 0.717) is 6.42 Å². The Labute approximate surface area is 114 Å². The molecule has 0 aliphatic carbocycles. The summed E-state index contributed by atoms with van der Waals surface area (Å²) in [4.78, 5) is 12.1. The zero-order valence-electron chi connectivity index (χ0n) is 10.2. The number of carbonyl (C=O) groups is 1. The number of rotatable bonds is 6. The predicted octanol–water partition coefficient (Wildman–Crippen LogP) is 2.08. The lowest BCUT2D eigenvalue weighted by molar-refractivity contribution is -0.0498. The van der Waals surface area contributed by atoms with Crippen LogP contribution >= 0.6 is 12.2 Å². The lowest BCUT2D eigenvalue weighted by Crippen LogP contribution is -2.42. The summed E-state index contributed by atoms with van der Waals surface area (Å²) in [6, 6.07) is 5.08. The van der Waals surface area contributed by atoms with Crippen molar-refractivity contribution in [2.24, 2.45) is 5.73 Å². The van der Waals surface area contributed by atoms with Gasteiger partial charge < -0.3 is 15.8 Å². The first kappa shape index (κ1) is 15.3. The Morgan fingerprint density at radius 3 is 2.74 bits per heavy atom. The van der Waals surface area contributed by atoms with Gasteiger partial charge in [0.2, 0.25) is 0 Å². The molecule has 0 fully saturated rings. The molecule has 19 heavy (non-hydrogen) atoms. The molecule has 0 saturated carbocycles. The van der Waals surface area contributed by atoms with Gasteiger partial charge in [-0.2, -0.15) is 8.78 Å². The fourth-order valence-corrected chi connectivity index (χ4v) is 1.66. The highest BCUT2D eigenvalue weighted by molar-refractivity contribution is 7.80. The molecular weight excluding hydrogens is 274 g/mol. The lowest BCUT2D eigenvalue weighted by atomic mass is 10.1. The van der Waals surface area contributed by atoms with Crippen LogP contribution in [0.4, 0.5) is 8.78 Å². The first-order valence-corrected chi connectivity index (χ1v) is 6.00. The van der Waals surface area contributed by atoms with Gasteiger partial charge in [0.25, 0.3) is 5.91 Å². The molecular formula is C12H14F2N2O2S. The van der Waals surface area contributed by atoms with Crippen molar-refractivity contribution in [1.82, 2.24) is 5.32 Å². The van der Waals surface area contributed by atoms with Crippen molar-refractivity contribution in [1.29, 1.82) is 0 Å². The number of amides is 1. The lowest BCUT2D eigenvalue weighted by Gasteiger charge is -2.15. The number of halogens is 2. The Kier molecular flexibility index (Phi) is 5.62. The minimum absolute atomic E-state index is 0.0778. The number of carbonyl (C=O) groups excluding carboxylic acids is 1. The molecule has 0 saturated heterocycles. The summed E-state index contributed by atoms with van der Waals surface area (Å²) in [6.07, 6.45) is 0.550. The van der Waals surface area contributed by atoms with Crippen LogP contribution in [0.25, 0.3) is 0 Å². The molecule has 7 heteroatoms. The molecule has 1 aromatic carbocycles. The third-order valence-corrected chi connectivity index (χ3v) is 2.66. The summed E-state index contributed by atoms with van der Waals surface area (Å²) in [5, 5.41) is 2.61. The Morgan fingerprint density at radius 2 is 2.21 bits per heavy atom. The molecule has 0 aromatic heterocycles. The van der Waals surface area contributed by atoms with Gasteiger partial charge in [0.05, 0.1) is 11.0 Å². The second kappa shape index (κ2) is 6.98. The Hall–Kier alpha value is -1.76. The molecule has 0 heterocycles. The summed E-state index contributed by atoms with van der Waals surface area (Å²) in [5.41, 5.74) is 5.66. The van der Waals surface area contributed by atoms with Gasteiger partial charge in [-0.1, -0.05) is 25.2 Å². The molecule has 0 spiro atoms. The maximum atomic E-state index is 12.1. The number of benzene rings is 1. The summed E-state index contributed by atoms with van der Waals surface area (Å²) >= 11 is 4.81. The minimum Gasteiger partial charge on any atom is -0.435 e. The van der Waals surface area contributed by atoms with E-state index in [-0.39, 0.29) is 16.3 Å². The molecule has 4 nitrogen and oxygen atoms in total. The molecule has 0 aliphatic heterocycles. The van der Waals surface area contributed by atoms with Crippen LogP contribution in [0.1, 0.15) is 23.7 Å². The molecule has 0 bridgehead atoms. The van der Waals surface area contributed by atoms with Crippen LogP contribution in [-0.2, 0) is 0 Å². The highest BCUT2D eigenvalue weighted by atomic mass is 32.1. The molecule has 0 aliphatic rings. The molecule has 1 amide bonds. The van der Waals surface area contributed by atoms with Crippen molar-refractivity contribution in [3.8, 4) is 5.75 Å². The average Bonchev–Trinajstić information content (AvgIpc) is 2.34. The van der Waals surface area contributed by atoms with Gasteiger partial charge in [-0.25, -0.2) is 0 Å². The maximum absolute atomic E-state index is 12.1. The first-order valence-electron chi connectivity index (χ1n) is 5.59. The molecule has 1 aromatic rings. The van der Waals surface area contributed by atoms with Crippen LogP contribution in [0.15, 0.2) is 24.3 Å². The van der Waals surface area contributed by atoms with Crippen LogP contribution in [0.2, 0.25) is 0 Å². The smallest absolute Gasteiger partial charge is 0.387 e. The molecule has 1 rings (SSSR count). The van der Waals surface area contributed by atoms with Gasteiger partial charge in [-0.15, -0.1) is 0 Å². The first-order chi connectivity index (χ1) is 8.93. The number of alkyl halides is 2. The van der Waals surface area contributed by atoms with Crippen molar-refractivity contribution in [2.45, 2.75) is 26.0 Å². The fourth-order valence-electron chi connectivity index (χ4n) is 1.43. The number of nitrogens with two attached hydrogens (primary N) is 1. The normalized spacial score (nSPS) is 12.0. The summed E-state index contributed by atoms with van der Waals surface area (Å²) in [5.74, 6) is -0.523. The number of hydrogen-bond acceptors (Lipinski definition) is 3. The van der Waals surface area contributed by atoms with E-state index in [1.807, 2.05) is 6.92 Å². The Morgan fingerprint density at radius 1 is 1.53 bits per heavy atom. The van der Waals surface area contributed by atoms with Gasteiger partial charge in [-0.3, -0.25) is 4.79 Å². The molecule has 0 radical (unpaired) electrons. The van der Waals surface area contributed by atoms with E-state index in [9.17, 15) is 13.6 Å². The van der Waals surface area contributed by atoms with Crippen molar-refractivity contribution < 1.29 is 18.3 Å². The third kappa shape index (κ3) is 4.78. The van der Waals surface area contributed by atoms with Crippen molar-refractivity contribution >= 4 is 23.1 Å². The van der Waals surface area contributed by atoms with Gasteiger partial charge in [0, 0.05) is 5.56 Å². The van der Waals surface area contributed by atoms with Crippen LogP contribution in [0, 0.1) is 0 Å². The standard InChI is InChI=1S/C12H14F2N2O2S/c1-2-9(10(15)19)16-11(17)7-4-3-5-8(6-7)18-12(13)14/h3-6,9,12H,2H2,1H3,(H2,15,19)(H,16,17). The van der Waals surface area contributed by atoms with Gasteiger partial charge >= 0.3 is 6.61 Å². The fraction of sp³-hybridized carbons (Fsp3) is 0.333. The van der Waals surface area contributed by atoms with E-state index in [1.165, 1.54) is 24.3 Å². The summed E-state index contributed by atoms with van der Waals surface area (Å²) in [7, 11) is 0. The number of thiocarbonyl (C=S) groups is 1. The quantitative estimate of drug-likeness (QED) is 0.787. The number of ether oxygens (including phenoxy) is 1. The molecule has 3 N–H and O–H groups in total. The maximum Gasteiger partial charge on any atom is 0.387 e. The van der Waals surface area contributed by atoms with Crippen LogP contribution in [0.5, 0.6) is 5.75 Å². The highest BCUT2D eigenvalue weighted by Gasteiger charge is 2.15. The number of nitrogens with one attached hydrogen (secondary N) is 1. The van der Waals surface area contributed by atoms with Crippen molar-refractivity contribution in [3.05, 3.63) is 29.8 Å². The minimum atomic E-state index is -2.93. The van der Waals surface area contributed by atoms with Crippen LogP contribution < -0.4 is 15.8 Å². The van der Waals surface area contributed by atoms with Crippen molar-refractivity contribution in [3.63, 3.8) is 0 Å². The summed E-state index contributed by atoms with van der Waals surface area (Å²) in [6.45, 7) is -1.11. The van der Waals surface area contributed by atoms with Gasteiger partial charge in [0.1, 0.15) is 5.75 Å². The van der Waals surface area contributed by atoms with E-state index in [2.05, 4.69) is 10.1 Å². The SMILES string of the molecule is CCC(NC(=O)c1cccc(OC(F)F)c1)C(N)=S. The molecule has 1 atom stereocenters. The van der Waals surface area contributed by atoms with E-state index in [0.717, 1.165) is 0 Å². The van der Waals surface area contributed by atoms with Crippen LogP contribution in [-0.4, -0.2) is 23.5 Å². The van der Waals surface area contributed by atoms with Gasteiger partial charge in [0.15, 0.2) is 0 Å². The third-order valence-electron chi connectivity index (χ3n) is 2.38. The zero-order chi connectivity index (χ0) is 14.4. The second-order valence-corrected chi connectivity index (χ2v) is 4.21. The largest absolute Gasteiger partial charge is 0.435 e. The van der Waals surface area contributed by atoms with Gasteiger partial charge in [-0.05, 0) is 24.6 Å². The monoisotopic (exact) mass is 288 g/mol.